The van der Waals surface area contributed by atoms with Crippen molar-refractivity contribution in [3.8, 4) is 0 Å². The first-order valence-corrected chi connectivity index (χ1v) is 10.7. The van der Waals surface area contributed by atoms with Crippen LogP contribution in [-0.2, 0) is 11.3 Å². The van der Waals surface area contributed by atoms with E-state index in [9.17, 15) is 0 Å². The van der Waals surface area contributed by atoms with Gasteiger partial charge in [0.05, 0.1) is 13.2 Å². The topological polar surface area (TPSA) is 56.2 Å². The van der Waals surface area contributed by atoms with E-state index in [1.165, 1.54) is 18.4 Å². The molecule has 1 unspecified atom stereocenters. The van der Waals surface area contributed by atoms with E-state index < -0.39 is 0 Å². The lowest BCUT2D eigenvalue weighted by atomic mass is 9.87. The Balaban J connectivity index is 0.00000240. The lowest BCUT2D eigenvalue weighted by molar-refractivity contribution is 0.156. The Morgan fingerprint density at radius 3 is 2.79 bits per heavy atom. The first-order chi connectivity index (χ1) is 13.7. The van der Waals surface area contributed by atoms with Crippen LogP contribution in [0.15, 0.2) is 23.3 Å². The summed E-state index contributed by atoms with van der Waals surface area (Å²) >= 11 is 0. The van der Waals surface area contributed by atoms with Gasteiger partial charge in [0.25, 0.3) is 0 Å². The SMILES string of the molecule is CCNC(=NCc1cccnc1N1CCN(C)CC1)N1CCC2(CCOC2)C1.I. The molecule has 0 bridgehead atoms. The number of hydrogen-bond donors (Lipinski definition) is 1. The van der Waals surface area contributed by atoms with Gasteiger partial charge in [-0.05, 0) is 32.9 Å². The minimum Gasteiger partial charge on any atom is -0.381 e. The lowest BCUT2D eigenvalue weighted by Gasteiger charge is -2.34. The van der Waals surface area contributed by atoms with Gasteiger partial charge in [0.1, 0.15) is 5.82 Å². The Morgan fingerprint density at radius 2 is 2.07 bits per heavy atom. The summed E-state index contributed by atoms with van der Waals surface area (Å²) in [5.41, 5.74) is 1.55. The molecule has 162 valence electrons. The molecule has 0 radical (unpaired) electrons. The fraction of sp³-hybridized carbons (Fsp3) is 0.714. The molecule has 7 nitrogen and oxygen atoms in total. The molecule has 8 heteroatoms. The van der Waals surface area contributed by atoms with Crippen LogP contribution in [0.5, 0.6) is 0 Å². The Labute approximate surface area is 191 Å². The van der Waals surface area contributed by atoms with E-state index in [1.807, 2.05) is 12.3 Å². The second-order valence-electron chi connectivity index (χ2n) is 8.42. The molecule has 4 rings (SSSR count). The summed E-state index contributed by atoms with van der Waals surface area (Å²) in [5, 5.41) is 3.50. The summed E-state index contributed by atoms with van der Waals surface area (Å²) in [6, 6.07) is 4.20. The number of aromatic nitrogens is 1. The highest BCUT2D eigenvalue weighted by Gasteiger charge is 2.42. The number of anilines is 1. The van der Waals surface area contributed by atoms with Gasteiger partial charge < -0.3 is 24.8 Å². The lowest BCUT2D eigenvalue weighted by Crippen LogP contribution is -2.45. The first-order valence-electron chi connectivity index (χ1n) is 10.7. The van der Waals surface area contributed by atoms with E-state index >= 15 is 0 Å². The van der Waals surface area contributed by atoms with Gasteiger partial charge in [-0.2, -0.15) is 0 Å². The highest BCUT2D eigenvalue weighted by molar-refractivity contribution is 14.0. The average molecular weight is 514 g/mol. The number of likely N-dealkylation sites (tertiary alicyclic amines) is 1. The molecule has 0 amide bonds. The van der Waals surface area contributed by atoms with Crippen LogP contribution in [-0.4, -0.2) is 86.8 Å². The summed E-state index contributed by atoms with van der Waals surface area (Å²) in [6.07, 6.45) is 4.28. The highest BCUT2D eigenvalue weighted by atomic mass is 127. The second kappa shape index (κ2) is 10.3. The van der Waals surface area contributed by atoms with Crippen molar-refractivity contribution >= 4 is 35.8 Å². The smallest absolute Gasteiger partial charge is 0.194 e. The third-order valence-electron chi connectivity index (χ3n) is 6.33. The van der Waals surface area contributed by atoms with Gasteiger partial charge in [-0.3, -0.25) is 0 Å². The Bertz CT molecular complexity index is 686. The largest absolute Gasteiger partial charge is 0.381 e. The third-order valence-corrected chi connectivity index (χ3v) is 6.33. The summed E-state index contributed by atoms with van der Waals surface area (Å²) < 4.78 is 5.69. The standard InChI is InChI=1S/C21H34N6O.HI/c1-3-22-20(27-9-6-21(16-27)7-14-28-17-21)24-15-18-5-4-8-23-19(18)26-12-10-25(2)11-13-26;/h4-5,8H,3,6-7,9-17H2,1-2H3,(H,22,24);1H. The molecule has 29 heavy (non-hydrogen) atoms. The number of nitrogens with one attached hydrogen (secondary N) is 1. The van der Waals surface area contributed by atoms with Gasteiger partial charge in [0.2, 0.25) is 0 Å². The Hall–Kier alpha value is -1.13. The van der Waals surface area contributed by atoms with Crippen molar-refractivity contribution in [2.24, 2.45) is 10.4 Å². The summed E-state index contributed by atoms with van der Waals surface area (Å²) in [4.78, 5) is 16.9. The van der Waals surface area contributed by atoms with E-state index in [-0.39, 0.29) is 24.0 Å². The number of rotatable bonds is 4. The Morgan fingerprint density at radius 1 is 1.24 bits per heavy atom. The van der Waals surface area contributed by atoms with E-state index in [1.54, 1.807) is 0 Å². The summed E-state index contributed by atoms with van der Waals surface area (Å²) in [7, 11) is 2.18. The molecule has 3 fully saturated rings. The van der Waals surface area contributed by atoms with Gasteiger partial charge in [0, 0.05) is 69.6 Å². The second-order valence-corrected chi connectivity index (χ2v) is 8.42. The molecule has 1 spiro atoms. The maximum Gasteiger partial charge on any atom is 0.194 e. The van der Waals surface area contributed by atoms with Gasteiger partial charge in [0.15, 0.2) is 5.96 Å². The van der Waals surface area contributed by atoms with Crippen molar-refractivity contribution < 1.29 is 4.74 Å². The van der Waals surface area contributed by atoms with E-state index in [4.69, 9.17) is 14.7 Å². The van der Waals surface area contributed by atoms with Crippen molar-refractivity contribution in [1.29, 1.82) is 0 Å². The number of likely N-dealkylation sites (N-methyl/N-ethyl adjacent to an activating group) is 1. The van der Waals surface area contributed by atoms with E-state index in [2.05, 4.69) is 40.1 Å². The number of guanidine groups is 1. The number of piperazine rings is 1. The molecule has 3 aliphatic heterocycles. The third kappa shape index (κ3) is 5.32. The highest BCUT2D eigenvalue weighted by Crippen LogP contribution is 2.38. The van der Waals surface area contributed by atoms with Crippen molar-refractivity contribution in [3.63, 3.8) is 0 Å². The molecule has 3 saturated heterocycles. The molecular formula is C21H35IN6O. The monoisotopic (exact) mass is 514 g/mol. The molecular weight excluding hydrogens is 479 g/mol. The van der Waals surface area contributed by atoms with Crippen molar-refractivity contribution in [2.45, 2.75) is 26.3 Å². The van der Waals surface area contributed by atoms with Crippen molar-refractivity contribution in [3.05, 3.63) is 23.9 Å². The van der Waals surface area contributed by atoms with Crippen LogP contribution in [0.2, 0.25) is 0 Å². The van der Waals surface area contributed by atoms with Crippen LogP contribution in [0.3, 0.4) is 0 Å². The van der Waals surface area contributed by atoms with Crippen LogP contribution in [0, 0.1) is 5.41 Å². The molecule has 0 aliphatic carbocycles. The number of ether oxygens (including phenoxy) is 1. The number of pyridine rings is 1. The molecule has 3 aliphatic rings. The summed E-state index contributed by atoms with van der Waals surface area (Å²) in [6.45, 7) is 11.8. The zero-order chi connectivity index (χ0) is 19.4. The molecule has 1 atom stereocenters. The molecule has 1 aromatic heterocycles. The first kappa shape index (κ1) is 22.6. The number of nitrogens with zero attached hydrogens (tertiary/aromatic N) is 5. The fourth-order valence-corrected chi connectivity index (χ4v) is 4.53. The zero-order valence-corrected chi connectivity index (χ0v) is 20.1. The number of aliphatic imine (C=N–C) groups is 1. The minimum atomic E-state index is 0. The van der Waals surface area contributed by atoms with Crippen molar-refractivity contribution in [1.82, 2.24) is 20.1 Å². The molecule has 1 N–H and O–H groups in total. The average Bonchev–Trinajstić information content (AvgIpc) is 3.36. The molecule has 0 saturated carbocycles. The maximum atomic E-state index is 5.69. The maximum absolute atomic E-state index is 5.69. The normalized spacial score (nSPS) is 25.5. The van der Waals surface area contributed by atoms with Crippen LogP contribution in [0.25, 0.3) is 0 Å². The van der Waals surface area contributed by atoms with Gasteiger partial charge in [-0.15, -0.1) is 24.0 Å². The minimum absolute atomic E-state index is 0. The predicted molar refractivity (Wildman–Crippen MR) is 128 cm³/mol. The fourth-order valence-electron chi connectivity index (χ4n) is 4.53. The van der Waals surface area contributed by atoms with E-state index in [0.717, 1.165) is 70.8 Å². The van der Waals surface area contributed by atoms with Gasteiger partial charge >= 0.3 is 0 Å². The summed E-state index contributed by atoms with van der Waals surface area (Å²) in [5.74, 6) is 2.12. The predicted octanol–water partition coefficient (Wildman–Crippen LogP) is 2.03. The molecule has 0 aromatic carbocycles. The van der Waals surface area contributed by atoms with Crippen LogP contribution in [0.1, 0.15) is 25.3 Å². The van der Waals surface area contributed by atoms with E-state index in [0.29, 0.717) is 12.0 Å². The van der Waals surface area contributed by atoms with Crippen LogP contribution >= 0.6 is 24.0 Å². The number of halogens is 1. The van der Waals surface area contributed by atoms with Gasteiger partial charge in [-0.1, -0.05) is 6.07 Å². The molecule has 4 heterocycles. The Kier molecular flexibility index (Phi) is 7.98. The van der Waals surface area contributed by atoms with Crippen LogP contribution < -0.4 is 10.2 Å². The molecule has 1 aromatic rings. The van der Waals surface area contributed by atoms with Crippen LogP contribution in [0.4, 0.5) is 5.82 Å². The quantitative estimate of drug-likeness (QED) is 0.377. The van der Waals surface area contributed by atoms with Crippen molar-refractivity contribution in [2.75, 3.05) is 71.0 Å². The zero-order valence-electron chi connectivity index (χ0n) is 17.8. The van der Waals surface area contributed by atoms with Gasteiger partial charge in [-0.25, -0.2) is 9.98 Å². The number of hydrogen-bond acceptors (Lipinski definition) is 5.